The van der Waals surface area contributed by atoms with Gasteiger partial charge in [0.05, 0.1) is 5.92 Å². The predicted octanol–water partition coefficient (Wildman–Crippen LogP) is 0.263. The molecule has 2 atom stereocenters. The van der Waals surface area contributed by atoms with Crippen molar-refractivity contribution in [1.82, 2.24) is 0 Å². The van der Waals surface area contributed by atoms with E-state index in [1.807, 2.05) is 0 Å². The zero-order chi connectivity index (χ0) is 8.32. The Hall–Kier alpha value is -0.930. The quantitative estimate of drug-likeness (QED) is 0.458. The number of aldehydes is 1. The van der Waals surface area contributed by atoms with Crippen LogP contribution < -0.4 is 0 Å². The Labute approximate surface area is 65.0 Å². The molecule has 0 saturated carbocycles. The van der Waals surface area contributed by atoms with Crippen LogP contribution in [0, 0.1) is 5.92 Å². The Morgan fingerprint density at radius 2 is 2.36 bits per heavy atom. The molecule has 0 aromatic carbocycles. The van der Waals surface area contributed by atoms with Crippen molar-refractivity contribution in [3.63, 3.8) is 0 Å². The molecule has 0 spiro atoms. The standard InChI is InChI=1S/C8H10O3/c1-11-8(10)5-3-2-4-7(8)6-9/h2-7,10H,1H3. The highest BCUT2D eigenvalue weighted by Gasteiger charge is 2.33. The van der Waals surface area contributed by atoms with E-state index in [1.165, 1.54) is 13.2 Å². The van der Waals surface area contributed by atoms with E-state index in [4.69, 9.17) is 4.74 Å². The summed E-state index contributed by atoms with van der Waals surface area (Å²) in [6.07, 6.45) is 7.04. The molecular formula is C8H10O3. The Kier molecular flexibility index (Phi) is 2.22. The van der Waals surface area contributed by atoms with E-state index < -0.39 is 11.7 Å². The number of ether oxygens (including phenoxy) is 1. The third-order valence-corrected chi connectivity index (χ3v) is 1.72. The zero-order valence-corrected chi connectivity index (χ0v) is 6.23. The second-order valence-electron chi connectivity index (χ2n) is 2.36. The Bertz CT molecular complexity index is 207. The van der Waals surface area contributed by atoms with Crippen LogP contribution in [0.2, 0.25) is 0 Å². The van der Waals surface area contributed by atoms with Gasteiger partial charge in [0.2, 0.25) is 0 Å². The Morgan fingerprint density at radius 1 is 1.64 bits per heavy atom. The topological polar surface area (TPSA) is 46.5 Å². The SMILES string of the molecule is COC1(O)C=CC=CC1C=O. The average molecular weight is 154 g/mol. The number of allylic oxidation sites excluding steroid dienone is 2. The minimum atomic E-state index is -1.45. The van der Waals surface area contributed by atoms with E-state index in [0.29, 0.717) is 6.29 Å². The number of aliphatic hydroxyl groups is 1. The van der Waals surface area contributed by atoms with Gasteiger partial charge in [0.25, 0.3) is 0 Å². The number of carbonyl (C=O) groups is 1. The van der Waals surface area contributed by atoms with Crippen molar-refractivity contribution in [2.45, 2.75) is 5.79 Å². The van der Waals surface area contributed by atoms with Crippen LogP contribution in [-0.2, 0) is 9.53 Å². The third-order valence-electron chi connectivity index (χ3n) is 1.72. The number of carbonyl (C=O) groups excluding carboxylic acids is 1. The number of methoxy groups -OCH3 is 1. The van der Waals surface area contributed by atoms with Crippen LogP contribution in [0.25, 0.3) is 0 Å². The van der Waals surface area contributed by atoms with E-state index in [0.717, 1.165) is 0 Å². The van der Waals surface area contributed by atoms with Crippen molar-refractivity contribution in [1.29, 1.82) is 0 Å². The first-order chi connectivity index (χ1) is 5.23. The molecule has 0 radical (unpaired) electrons. The number of hydrogen-bond donors (Lipinski definition) is 1. The highest BCUT2D eigenvalue weighted by Crippen LogP contribution is 2.22. The first-order valence-corrected chi connectivity index (χ1v) is 3.32. The van der Waals surface area contributed by atoms with Crippen molar-refractivity contribution in [2.75, 3.05) is 7.11 Å². The molecule has 1 aliphatic carbocycles. The fourth-order valence-corrected chi connectivity index (χ4v) is 0.973. The van der Waals surface area contributed by atoms with Crippen LogP contribution in [0.15, 0.2) is 24.3 Å². The summed E-state index contributed by atoms with van der Waals surface area (Å²) < 4.78 is 4.77. The van der Waals surface area contributed by atoms with Crippen LogP contribution in [0.1, 0.15) is 0 Å². The minimum Gasteiger partial charge on any atom is -0.361 e. The molecule has 0 aromatic rings. The molecule has 0 heterocycles. The lowest BCUT2D eigenvalue weighted by atomic mass is 9.95. The lowest BCUT2D eigenvalue weighted by Crippen LogP contribution is -2.38. The van der Waals surface area contributed by atoms with Crippen molar-refractivity contribution < 1.29 is 14.6 Å². The van der Waals surface area contributed by atoms with Gasteiger partial charge in [0, 0.05) is 7.11 Å². The van der Waals surface area contributed by atoms with Gasteiger partial charge in [-0.1, -0.05) is 18.2 Å². The summed E-state index contributed by atoms with van der Waals surface area (Å²) in [6, 6.07) is 0. The Morgan fingerprint density at radius 3 is 2.82 bits per heavy atom. The summed E-state index contributed by atoms with van der Waals surface area (Å²) in [6.45, 7) is 0. The molecule has 0 amide bonds. The van der Waals surface area contributed by atoms with Crippen LogP contribution in [0.4, 0.5) is 0 Å². The molecule has 0 saturated heterocycles. The zero-order valence-electron chi connectivity index (χ0n) is 6.23. The third kappa shape index (κ3) is 1.39. The first-order valence-electron chi connectivity index (χ1n) is 3.32. The summed E-state index contributed by atoms with van der Waals surface area (Å²) in [5.41, 5.74) is 0. The largest absolute Gasteiger partial charge is 0.361 e. The maximum atomic E-state index is 10.4. The molecule has 0 fully saturated rings. The molecule has 11 heavy (non-hydrogen) atoms. The number of rotatable bonds is 2. The maximum absolute atomic E-state index is 10.4. The summed E-state index contributed by atoms with van der Waals surface area (Å²) in [4.78, 5) is 10.4. The maximum Gasteiger partial charge on any atom is 0.198 e. The molecule has 0 aromatic heterocycles. The van der Waals surface area contributed by atoms with Crippen molar-refractivity contribution in [2.24, 2.45) is 5.92 Å². The van der Waals surface area contributed by atoms with Gasteiger partial charge in [-0.3, -0.25) is 0 Å². The van der Waals surface area contributed by atoms with Crippen LogP contribution in [0.5, 0.6) is 0 Å². The molecule has 1 N–H and O–H groups in total. The van der Waals surface area contributed by atoms with E-state index in [1.54, 1.807) is 18.2 Å². The van der Waals surface area contributed by atoms with Crippen molar-refractivity contribution in [3.8, 4) is 0 Å². The summed E-state index contributed by atoms with van der Waals surface area (Å²) >= 11 is 0. The highest BCUT2D eigenvalue weighted by molar-refractivity contribution is 5.60. The van der Waals surface area contributed by atoms with Gasteiger partial charge in [0.1, 0.15) is 6.29 Å². The van der Waals surface area contributed by atoms with Gasteiger partial charge in [0.15, 0.2) is 5.79 Å². The molecule has 2 unspecified atom stereocenters. The number of hydrogen-bond acceptors (Lipinski definition) is 3. The average Bonchev–Trinajstić information content (AvgIpc) is 2.05. The molecule has 0 bridgehead atoms. The lowest BCUT2D eigenvalue weighted by molar-refractivity contribution is -0.173. The lowest BCUT2D eigenvalue weighted by Gasteiger charge is -2.28. The molecule has 3 nitrogen and oxygen atoms in total. The summed E-state index contributed by atoms with van der Waals surface area (Å²) in [7, 11) is 1.36. The smallest absolute Gasteiger partial charge is 0.198 e. The highest BCUT2D eigenvalue weighted by atomic mass is 16.6. The normalized spacial score (nSPS) is 35.6. The second kappa shape index (κ2) is 2.98. The Balaban J connectivity index is 2.85. The van der Waals surface area contributed by atoms with E-state index in [9.17, 15) is 9.90 Å². The molecular weight excluding hydrogens is 144 g/mol. The van der Waals surface area contributed by atoms with E-state index in [2.05, 4.69) is 0 Å². The van der Waals surface area contributed by atoms with Crippen molar-refractivity contribution in [3.05, 3.63) is 24.3 Å². The fourth-order valence-electron chi connectivity index (χ4n) is 0.973. The van der Waals surface area contributed by atoms with E-state index >= 15 is 0 Å². The first kappa shape index (κ1) is 8.17. The molecule has 3 heteroatoms. The van der Waals surface area contributed by atoms with Gasteiger partial charge in [-0.2, -0.15) is 0 Å². The van der Waals surface area contributed by atoms with Gasteiger partial charge in [-0.05, 0) is 6.08 Å². The monoisotopic (exact) mass is 154 g/mol. The summed E-state index contributed by atoms with van der Waals surface area (Å²) in [5, 5.41) is 9.55. The van der Waals surface area contributed by atoms with Gasteiger partial charge in [-0.15, -0.1) is 0 Å². The molecule has 0 aliphatic heterocycles. The van der Waals surface area contributed by atoms with Crippen LogP contribution in [-0.4, -0.2) is 24.3 Å². The van der Waals surface area contributed by atoms with Gasteiger partial charge >= 0.3 is 0 Å². The van der Waals surface area contributed by atoms with Crippen LogP contribution in [0.3, 0.4) is 0 Å². The molecule has 60 valence electrons. The predicted molar refractivity (Wildman–Crippen MR) is 39.8 cm³/mol. The van der Waals surface area contributed by atoms with Crippen LogP contribution >= 0.6 is 0 Å². The molecule has 1 rings (SSSR count). The van der Waals surface area contributed by atoms with Gasteiger partial charge in [-0.25, -0.2) is 0 Å². The van der Waals surface area contributed by atoms with E-state index in [-0.39, 0.29) is 0 Å². The fraction of sp³-hybridized carbons (Fsp3) is 0.375. The van der Waals surface area contributed by atoms with Crippen molar-refractivity contribution >= 4 is 6.29 Å². The minimum absolute atomic E-state index is 0.600. The second-order valence-corrected chi connectivity index (χ2v) is 2.36. The summed E-state index contributed by atoms with van der Waals surface area (Å²) in [5.74, 6) is -2.05. The molecule has 1 aliphatic rings. The van der Waals surface area contributed by atoms with Gasteiger partial charge < -0.3 is 14.6 Å².